The summed E-state index contributed by atoms with van der Waals surface area (Å²) in [4.78, 5) is 34.1. The molecule has 0 amide bonds. The molecule has 0 radical (unpaired) electrons. The molecule has 0 aliphatic heterocycles. The van der Waals surface area contributed by atoms with Gasteiger partial charge in [-0.2, -0.15) is 0 Å². The fourth-order valence-corrected chi connectivity index (χ4v) is 2.43. The Bertz CT molecular complexity index is 523. The number of benzene rings is 1. The fraction of sp³-hybridized carbons (Fsp3) is 0.500. The second kappa shape index (κ2) is 9.77. The number of ketones is 1. The highest BCUT2D eigenvalue weighted by atomic mass is 16.6. The summed E-state index contributed by atoms with van der Waals surface area (Å²) in [6.07, 6.45) is 0.574. The lowest BCUT2D eigenvalue weighted by Crippen LogP contribution is -2.23. The maximum absolute atomic E-state index is 12.1. The molecule has 2 atom stereocenters. The summed E-state index contributed by atoms with van der Waals surface area (Å²) in [6.45, 7) is 5.15. The van der Waals surface area contributed by atoms with Gasteiger partial charge in [-0.25, -0.2) is 0 Å². The molecule has 0 spiro atoms. The van der Waals surface area contributed by atoms with Crippen LogP contribution in [-0.4, -0.2) is 30.9 Å². The van der Waals surface area contributed by atoms with E-state index in [2.05, 4.69) is 0 Å². The monoisotopic (exact) mass is 320 g/mol. The van der Waals surface area contributed by atoms with Crippen LogP contribution in [0.1, 0.15) is 45.1 Å². The first-order chi connectivity index (χ1) is 11.0. The molecule has 0 bridgehead atoms. The van der Waals surface area contributed by atoms with Crippen LogP contribution in [0, 0.1) is 5.92 Å². The highest BCUT2D eigenvalue weighted by molar-refractivity contribution is 5.94. The first-order valence-corrected chi connectivity index (χ1v) is 7.82. The molecule has 126 valence electrons. The van der Waals surface area contributed by atoms with E-state index in [1.807, 2.05) is 44.2 Å². The second-order valence-electron chi connectivity index (χ2n) is 5.48. The van der Waals surface area contributed by atoms with Crippen LogP contribution in [0.25, 0.3) is 0 Å². The first-order valence-electron chi connectivity index (χ1n) is 7.82. The molecule has 0 heterocycles. The van der Waals surface area contributed by atoms with Crippen molar-refractivity contribution < 1.29 is 23.9 Å². The smallest absolute Gasteiger partial charge is 0.313 e. The van der Waals surface area contributed by atoms with Gasteiger partial charge in [0.05, 0.1) is 5.92 Å². The lowest BCUT2D eigenvalue weighted by atomic mass is 9.85. The van der Waals surface area contributed by atoms with Crippen LogP contribution in [0.5, 0.6) is 0 Å². The molecule has 0 aromatic heterocycles. The van der Waals surface area contributed by atoms with Crippen molar-refractivity contribution in [2.45, 2.75) is 39.5 Å². The van der Waals surface area contributed by atoms with Gasteiger partial charge < -0.3 is 9.47 Å². The van der Waals surface area contributed by atoms with Gasteiger partial charge in [-0.05, 0) is 24.8 Å². The largest absolute Gasteiger partial charge is 0.462 e. The van der Waals surface area contributed by atoms with Crippen LogP contribution in [0.15, 0.2) is 30.3 Å². The quantitative estimate of drug-likeness (QED) is 0.397. The number of carbonyl (C=O) groups excluding carboxylic acids is 3. The van der Waals surface area contributed by atoms with Gasteiger partial charge >= 0.3 is 11.9 Å². The van der Waals surface area contributed by atoms with Crippen LogP contribution in [-0.2, 0) is 23.9 Å². The maximum Gasteiger partial charge on any atom is 0.313 e. The minimum absolute atomic E-state index is 0.00194. The molecule has 5 heteroatoms. The predicted octanol–water partition coefficient (Wildman–Crippen LogP) is 2.88. The molecule has 0 fully saturated rings. The van der Waals surface area contributed by atoms with E-state index in [-0.39, 0.29) is 43.2 Å². The molecule has 0 saturated heterocycles. The topological polar surface area (TPSA) is 69.7 Å². The summed E-state index contributed by atoms with van der Waals surface area (Å²) in [5, 5.41) is 0. The third-order valence-electron chi connectivity index (χ3n) is 3.63. The third-order valence-corrected chi connectivity index (χ3v) is 3.63. The molecule has 1 rings (SSSR count). The third kappa shape index (κ3) is 6.63. The Morgan fingerprint density at radius 3 is 2.22 bits per heavy atom. The Hall–Kier alpha value is -2.17. The molecule has 2 unspecified atom stereocenters. The molecular weight excluding hydrogens is 296 g/mol. The summed E-state index contributed by atoms with van der Waals surface area (Å²) < 4.78 is 9.98. The minimum Gasteiger partial charge on any atom is -0.462 e. The molecule has 5 nitrogen and oxygen atoms in total. The zero-order valence-corrected chi connectivity index (χ0v) is 13.9. The Morgan fingerprint density at radius 1 is 1.04 bits per heavy atom. The Labute approximate surface area is 137 Å². The van der Waals surface area contributed by atoms with Gasteiger partial charge in [-0.15, -0.1) is 0 Å². The van der Waals surface area contributed by atoms with E-state index in [4.69, 9.17) is 9.47 Å². The van der Waals surface area contributed by atoms with Gasteiger partial charge in [0.1, 0.15) is 25.4 Å². The molecular formula is C18H24O5. The van der Waals surface area contributed by atoms with E-state index in [0.29, 0.717) is 0 Å². The Balaban J connectivity index is 2.41. The van der Waals surface area contributed by atoms with Crippen molar-refractivity contribution in [3.8, 4) is 0 Å². The molecule has 1 aromatic rings. The van der Waals surface area contributed by atoms with E-state index in [9.17, 15) is 14.4 Å². The highest BCUT2D eigenvalue weighted by Gasteiger charge is 2.25. The van der Waals surface area contributed by atoms with Crippen molar-refractivity contribution in [1.82, 2.24) is 0 Å². The normalized spacial score (nSPS) is 13.0. The average Bonchev–Trinajstić information content (AvgIpc) is 2.52. The summed E-state index contributed by atoms with van der Waals surface area (Å²) in [6, 6.07) is 9.84. The lowest BCUT2D eigenvalue weighted by Gasteiger charge is -2.21. The zero-order valence-electron chi connectivity index (χ0n) is 13.9. The van der Waals surface area contributed by atoms with Crippen LogP contribution in [0.3, 0.4) is 0 Å². The predicted molar refractivity (Wildman–Crippen MR) is 85.9 cm³/mol. The van der Waals surface area contributed by atoms with Crippen molar-refractivity contribution >= 4 is 17.7 Å². The van der Waals surface area contributed by atoms with E-state index >= 15 is 0 Å². The van der Waals surface area contributed by atoms with Crippen molar-refractivity contribution in [1.29, 1.82) is 0 Å². The molecule has 0 N–H and O–H groups in total. The van der Waals surface area contributed by atoms with Crippen LogP contribution in [0.2, 0.25) is 0 Å². The number of hydrogen-bond acceptors (Lipinski definition) is 5. The van der Waals surface area contributed by atoms with E-state index in [1.165, 1.54) is 6.92 Å². The highest BCUT2D eigenvalue weighted by Crippen LogP contribution is 2.28. The van der Waals surface area contributed by atoms with Gasteiger partial charge in [0.25, 0.3) is 0 Å². The molecule has 0 saturated carbocycles. The summed E-state index contributed by atoms with van der Waals surface area (Å²) in [5.74, 6) is -1.37. The number of esters is 2. The number of ether oxygens (including phenoxy) is 2. The van der Waals surface area contributed by atoms with Gasteiger partial charge in [0, 0.05) is 0 Å². The van der Waals surface area contributed by atoms with Gasteiger partial charge in [0.2, 0.25) is 0 Å². The molecule has 0 aliphatic carbocycles. The number of rotatable bonds is 9. The number of carbonyl (C=O) groups is 3. The van der Waals surface area contributed by atoms with Gasteiger partial charge in [-0.3, -0.25) is 14.4 Å². The van der Waals surface area contributed by atoms with Crippen LogP contribution >= 0.6 is 0 Å². The van der Waals surface area contributed by atoms with Crippen LogP contribution in [0.4, 0.5) is 0 Å². The standard InChI is InChI=1S/C18H24O5/c1-4-16(15-8-6-5-7-9-15)14(3)18(21)23-11-10-22-17(20)12-13(2)19/h5-9,14,16H,4,10-12H2,1-3H3. The summed E-state index contributed by atoms with van der Waals surface area (Å²) >= 11 is 0. The van der Waals surface area contributed by atoms with Crippen LogP contribution < -0.4 is 0 Å². The summed E-state index contributed by atoms with van der Waals surface area (Å²) in [7, 11) is 0. The van der Waals surface area contributed by atoms with Crippen molar-refractivity contribution in [3.05, 3.63) is 35.9 Å². The first kappa shape index (κ1) is 18.9. The molecule has 23 heavy (non-hydrogen) atoms. The SMILES string of the molecule is CCC(c1ccccc1)C(C)C(=O)OCCOC(=O)CC(C)=O. The van der Waals surface area contributed by atoms with Crippen molar-refractivity contribution in [3.63, 3.8) is 0 Å². The lowest BCUT2D eigenvalue weighted by molar-refractivity contribution is -0.156. The molecule has 1 aromatic carbocycles. The van der Waals surface area contributed by atoms with E-state index < -0.39 is 5.97 Å². The maximum atomic E-state index is 12.1. The number of hydrogen-bond donors (Lipinski definition) is 0. The van der Waals surface area contributed by atoms with E-state index in [0.717, 1.165) is 12.0 Å². The zero-order chi connectivity index (χ0) is 17.2. The Kier molecular flexibility index (Phi) is 8.02. The van der Waals surface area contributed by atoms with E-state index in [1.54, 1.807) is 0 Å². The van der Waals surface area contributed by atoms with Crippen molar-refractivity contribution in [2.24, 2.45) is 5.92 Å². The second-order valence-corrected chi connectivity index (χ2v) is 5.48. The van der Waals surface area contributed by atoms with Gasteiger partial charge in [0.15, 0.2) is 0 Å². The summed E-state index contributed by atoms with van der Waals surface area (Å²) in [5.41, 5.74) is 1.10. The average molecular weight is 320 g/mol. The van der Waals surface area contributed by atoms with Crippen molar-refractivity contribution in [2.75, 3.05) is 13.2 Å². The Morgan fingerprint density at radius 2 is 1.65 bits per heavy atom. The van der Waals surface area contributed by atoms with Gasteiger partial charge in [-0.1, -0.05) is 44.2 Å². The molecule has 0 aliphatic rings. The minimum atomic E-state index is -0.600. The number of Topliss-reactive ketones (excluding diaryl/α,β-unsaturated/α-hetero) is 1. The fourth-order valence-electron chi connectivity index (χ4n) is 2.43.